The van der Waals surface area contributed by atoms with Gasteiger partial charge in [-0.1, -0.05) is 12.8 Å². The molecule has 1 aromatic carbocycles. The highest BCUT2D eigenvalue weighted by Gasteiger charge is 2.25. The standard InChI is InChI=1S/C14H21NO4S/c1-10-8-12(18-2)13(19-3)9-14(10)20(16,17)15-11-6-4-5-7-11/h8-9,11,15H,4-7H2,1-3H3. The van der Waals surface area contributed by atoms with Crippen LogP contribution in [0.15, 0.2) is 17.0 Å². The Morgan fingerprint density at radius 1 is 1.10 bits per heavy atom. The molecule has 0 aromatic heterocycles. The van der Waals surface area contributed by atoms with Gasteiger partial charge >= 0.3 is 0 Å². The zero-order valence-corrected chi connectivity index (χ0v) is 12.9. The zero-order chi connectivity index (χ0) is 14.8. The van der Waals surface area contributed by atoms with Gasteiger partial charge in [0.15, 0.2) is 11.5 Å². The van der Waals surface area contributed by atoms with Crippen molar-refractivity contribution in [1.82, 2.24) is 4.72 Å². The molecule has 6 heteroatoms. The molecule has 1 aliphatic rings. The van der Waals surface area contributed by atoms with Gasteiger partial charge in [-0.3, -0.25) is 0 Å². The van der Waals surface area contributed by atoms with Gasteiger partial charge in [0.1, 0.15) is 0 Å². The largest absolute Gasteiger partial charge is 0.493 e. The third-order valence-electron chi connectivity index (χ3n) is 3.65. The summed E-state index contributed by atoms with van der Waals surface area (Å²) in [6.07, 6.45) is 3.98. The van der Waals surface area contributed by atoms with Crippen LogP contribution in [0.25, 0.3) is 0 Å². The van der Waals surface area contributed by atoms with E-state index in [9.17, 15) is 8.42 Å². The SMILES string of the molecule is COc1cc(C)c(S(=O)(=O)NC2CCCC2)cc1OC. The first-order valence-electron chi connectivity index (χ1n) is 6.73. The fourth-order valence-electron chi connectivity index (χ4n) is 2.58. The molecule has 1 aliphatic carbocycles. The Labute approximate surface area is 120 Å². The number of ether oxygens (including phenoxy) is 2. The molecule has 0 aliphatic heterocycles. The van der Waals surface area contributed by atoms with Crippen molar-refractivity contribution in [3.8, 4) is 11.5 Å². The van der Waals surface area contributed by atoms with Crippen molar-refractivity contribution in [3.63, 3.8) is 0 Å². The summed E-state index contributed by atoms with van der Waals surface area (Å²) >= 11 is 0. The molecule has 0 amide bonds. The molecule has 0 heterocycles. The Morgan fingerprint density at radius 3 is 2.20 bits per heavy atom. The Hall–Kier alpha value is -1.27. The van der Waals surface area contributed by atoms with Crippen molar-refractivity contribution in [2.24, 2.45) is 0 Å². The second kappa shape index (κ2) is 6.01. The summed E-state index contributed by atoms with van der Waals surface area (Å²) in [5, 5.41) is 0. The molecule has 0 unspecified atom stereocenters. The monoisotopic (exact) mass is 299 g/mol. The first kappa shape index (κ1) is 15.1. The van der Waals surface area contributed by atoms with Gasteiger partial charge < -0.3 is 9.47 Å². The van der Waals surface area contributed by atoms with E-state index >= 15 is 0 Å². The fourth-order valence-corrected chi connectivity index (χ4v) is 4.12. The number of rotatable bonds is 5. The maximum Gasteiger partial charge on any atom is 0.241 e. The Balaban J connectivity index is 2.35. The summed E-state index contributed by atoms with van der Waals surface area (Å²) in [5.41, 5.74) is 0.646. The summed E-state index contributed by atoms with van der Waals surface area (Å²) < 4.78 is 38.1. The van der Waals surface area contributed by atoms with Crippen LogP contribution < -0.4 is 14.2 Å². The molecular formula is C14H21NO4S. The van der Waals surface area contributed by atoms with E-state index < -0.39 is 10.0 Å². The minimum Gasteiger partial charge on any atom is -0.493 e. The number of benzene rings is 1. The molecule has 1 saturated carbocycles. The molecule has 0 radical (unpaired) electrons. The summed E-state index contributed by atoms with van der Waals surface area (Å²) in [6, 6.07) is 3.25. The van der Waals surface area contributed by atoms with Gasteiger partial charge in [-0.25, -0.2) is 13.1 Å². The van der Waals surface area contributed by atoms with Gasteiger partial charge in [0.2, 0.25) is 10.0 Å². The van der Waals surface area contributed by atoms with Crippen LogP contribution in [0.2, 0.25) is 0 Å². The van der Waals surface area contributed by atoms with Crippen molar-refractivity contribution in [1.29, 1.82) is 0 Å². The fraction of sp³-hybridized carbons (Fsp3) is 0.571. The smallest absolute Gasteiger partial charge is 0.241 e. The van der Waals surface area contributed by atoms with E-state index in [0.29, 0.717) is 17.1 Å². The van der Waals surface area contributed by atoms with E-state index in [-0.39, 0.29) is 10.9 Å². The van der Waals surface area contributed by atoms with Gasteiger partial charge in [0, 0.05) is 12.1 Å². The lowest BCUT2D eigenvalue weighted by atomic mass is 10.2. The minimum atomic E-state index is -3.52. The number of aryl methyl sites for hydroxylation is 1. The van der Waals surface area contributed by atoms with Gasteiger partial charge in [-0.05, 0) is 31.4 Å². The van der Waals surface area contributed by atoms with Crippen LogP contribution >= 0.6 is 0 Å². The zero-order valence-electron chi connectivity index (χ0n) is 12.1. The van der Waals surface area contributed by atoms with Gasteiger partial charge in [-0.2, -0.15) is 0 Å². The molecule has 0 bridgehead atoms. The van der Waals surface area contributed by atoms with Crippen LogP contribution in [0.4, 0.5) is 0 Å². The van der Waals surface area contributed by atoms with E-state index in [1.807, 2.05) is 0 Å². The van der Waals surface area contributed by atoms with E-state index in [1.165, 1.54) is 20.3 Å². The van der Waals surface area contributed by atoms with E-state index in [2.05, 4.69) is 4.72 Å². The summed E-state index contributed by atoms with van der Waals surface area (Å²) in [6.45, 7) is 1.76. The van der Waals surface area contributed by atoms with Crippen molar-refractivity contribution < 1.29 is 17.9 Å². The van der Waals surface area contributed by atoms with Crippen LogP contribution in [0.3, 0.4) is 0 Å². The Morgan fingerprint density at radius 2 is 1.65 bits per heavy atom. The van der Waals surface area contributed by atoms with E-state index in [4.69, 9.17) is 9.47 Å². The molecule has 1 aromatic rings. The van der Waals surface area contributed by atoms with E-state index in [1.54, 1.807) is 13.0 Å². The highest BCUT2D eigenvalue weighted by Crippen LogP contribution is 2.32. The second-order valence-corrected chi connectivity index (χ2v) is 6.76. The number of methoxy groups -OCH3 is 2. The van der Waals surface area contributed by atoms with Crippen LogP contribution in [0, 0.1) is 6.92 Å². The maximum absolute atomic E-state index is 12.5. The Kier molecular flexibility index (Phi) is 4.55. The van der Waals surface area contributed by atoms with Crippen LogP contribution in [-0.2, 0) is 10.0 Å². The number of hydrogen-bond acceptors (Lipinski definition) is 4. The molecule has 20 heavy (non-hydrogen) atoms. The number of sulfonamides is 1. The lowest BCUT2D eigenvalue weighted by Crippen LogP contribution is -2.33. The van der Waals surface area contributed by atoms with Crippen LogP contribution in [0.5, 0.6) is 11.5 Å². The summed E-state index contributed by atoms with van der Waals surface area (Å²) in [5.74, 6) is 0.953. The van der Waals surface area contributed by atoms with Gasteiger partial charge in [-0.15, -0.1) is 0 Å². The van der Waals surface area contributed by atoms with Crippen LogP contribution in [-0.4, -0.2) is 28.7 Å². The molecule has 2 rings (SSSR count). The first-order valence-corrected chi connectivity index (χ1v) is 8.21. The quantitative estimate of drug-likeness (QED) is 0.905. The van der Waals surface area contributed by atoms with Crippen molar-refractivity contribution in [3.05, 3.63) is 17.7 Å². The molecule has 0 atom stereocenters. The van der Waals surface area contributed by atoms with Crippen molar-refractivity contribution >= 4 is 10.0 Å². The normalized spacial score (nSPS) is 16.4. The van der Waals surface area contributed by atoms with Crippen molar-refractivity contribution in [2.75, 3.05) is 14.2 Å². The predicted octanol–water partition coefficient (Wildman–Crippen LogP) is 2.23. The molecule has 112 valence electrons. The number of hydrogen-bond donors (Lipinski definition) is 1. The summed E-state index contributed by atoms with van der Waals surface area (Å²) in [4.78, 5) is 0.252. The van der Waals surface area contributed by atoms with Gasteiger partial charge in [0.05, 0.1) is 19.1 Å². The highest BCUT2D eigenvalue weighted by molar-refractivity contribution is 7.89. The lowest BCUT2D eigenvalue weighted by Gasteiger charge is -2.16. The lowest BCUT2D eigenvalue weighted by molar-refractivity contribution is 0.353. The highest BCUT2D eigenvalue weighted by atomic mass is 32.2. The molecule has 0 spiro atoms. The molecule has 1 N–H and O–H groups in total. The predicted molar refractivity (Wildman–Crippen MR) is 76.9 cm³/mol. The maximum atomic E-state index is 12.5. The second-order valence-electron chi connectivity index (χ2n) is 5.08. The third kappa shape index (κ3) is 3.07. The van der Waals surface area contributed by atoms with Crippen LogP contribution in [0.1, 0.15) is 31.2 Å². The van der Waals surface area contributed by atoms with Crippen molar-refractivity contribution in [2.45, 2.75) is 43.5 Å². The molecule has 1 fully saturated rings. The summed E-state index contributed by atoms with van der Waals surface area (Å²) in [7, 11) is -0.493. The average Bonchev–Trinajstić information content (AvgIpc) is 2.90. The Bertz CT molecular complexity index is 577. The molecular weight excluding hydrogens is 278 g/mol. The molecule has 5 nitrogen and oxygen atoms in total. The first-order chi connectivity index (χ1) is 9.47. The third-order valence-corrected chi connectivity index (χ3v) is 5.31. The number of nitrogens with one attached hydrogen (secondary N) is 1. The topological polar surface area (TPSA) is 64.6 Å². The van der Waals surface area contributed by atoms with E-state index in [0.717, 1.165) is 25.7 Å². The minimum absolute atomic E-state index is 0.0486. The average molecular weight is 299 g/mol. The van der Waals surface area contributed by atoms with Gasteiger partial charge in [0.25, 0.3) is 0 Å². The molecule has 0 saturated heterocycles.